The summed E-state index contributed by atoms with van der Waals surface area (Å²) in [7, 11) is -3.79. The topological polar surface area (TPSA) is 78.4 Å². The summed E-state index contributed by atoms with van der Waals surface area (Å²) in [4.78, 5) is 14.1. The first-order valence-corrected chi connectivity index (χ1v) is 12.4. The largest absolute Gasteiger partial charge is 0.368 e. The zero-order valence-corrected chi connectivity index (χ0v) is 19.2. The van der Waals surface area contributed by atoms with Gasteiger partial charge in [0.1, 0.15) is 0 Å². The molecular formula is C25H25N5O2S. The average molecular weight is 460 g/mol. The summed E-state index contributed by atoms with van der Waals surface area (Å²) in [6.07, 6.45) is 0. The summed E-state index contributed by atoms with van der Waals surface area (Å²) >= 11 is 0. The molecule has 5 rings (SSSR count). The van der Waals surface area contributed by atoms with Gasteiger partial charge in [-0.15, -0.1) is 0 Å². The zero-order chi connectivity index (χ0) is 22.8. The molecule has 168 valence electrons. The minimum atomic E-state index is -3.79. The van der Waals surface area contributed by atoms with Gasteiger partial charge in [-0.3, -0.25) is 4.72 Å². The number of aromatic nitrogens is 2. The van der Waals surface area contributed by atoms with Gasteiger partial charge in [-0.25, -0.2) is 18.4 Å². The molecule has 1 N–H and O–H groups in total. The number of hydrogen-bond acceptors (Lipinski definition) is 6. The molecule has 7 nitrogen and oxygen atoms in total. The van der Waals surface area contributed by atoms with Crippen LogP contribution in [0.3, 0.4) is 0 Å². The lowest BCUT2D eigenvalue weighted by molar-refractivity contribution is 0.601. The van der Waals surface area contributed by atoms with Crippen molar-refractivity contribution in [2.45, 2.75) is 11.8 Å². The molecule has 8 heteroatoms. The van der Waals surface area contributed by atoms with Gasteiger partial charge in [0.05, 0.1) is 15.9 Å². The van der Waals surface area contributed by atoms with Gasteiger partial charge in [0, 0.05) is 31.9 Å². The van der Waals surface area contributed by atoms with Crippen molar-refractivity contribution in [2.75, 3.05) is 40.7 Å². The SMILES string of the molecule is Cc1ccccc1N1CCN(c2nc3ccccc3nc2NS(=O)(=O)c2ccccc2)CC1. The van der Waals surface area contributed by atoms with Crippen LogP contribution in [0.1, 0.15) is 5.56 Å². The summed E-state index contributed by atoms with van der Waals surface area (Å²) in [5.41, 5.74) is 3.85. The molecule has 4 aromatic rings. The third-order valence-electron chi connectivity index (χ3n) is 5.87. The van der Waals surface area contributed by atoms with Crippen LogP contribution in [-0.4, -0.2) is 44.6 Å². The molecule has 0 amide bonds. The molecule has 2 heterocycles. The van der Waals surface area contributed by atoms with E-state index in [2.05, 4.69) is 44.6 Å². The third-order valence-corrected chi connectivity index (χ3v) is 7.23. The Morgan fingerprint density at radius 3 is 2.00 bits per heavy atom. The molecule has 33 heavy (non-hydrogen) atoms. The van der Waals surface area contributed by atoms with E-state index in [0.717, 1.165) is 18.6 Å². The number of nitrogens with zero attached hydrogens (tertiary/aromatic N) is 4. The summed E-state index contributed by atoms with van der Waals surface area (Å²) in [5, 5.41) is 0. The number of anilines is 3. The number of nitrogens with one attached hydrogen (secondary N) is 1. The fourth-order valence-corrected chi connectivity index (χ4v) is 5.17. The molecule has 0 unspecified atom stereocenters. The Hall–Kier alpha value is -3.65. The Morgan fingerprint density at radius 1 is 0.727 bits per heavy atom. The van der Waals surface area contributed by atoms with Gasteiger partial charge in [-0.05, 0) is 42.8 Å². The number of sulfonamides is 1. The number of para-hydroxylation sites is 3. The standard InChI is InChI=1S/C25H25N5O2S/c1-19-9-5-8-14-23(19)29-15-17-30(18-16-29)25-24(26-21-12-6-7-13-22(21)27-25)28-33(31,32)20-10-3-2-4-11-20/h2-14H,15-18H2,1H3,(H,26,28). The first kappa shape index (κ1) is 21.2. The zero-order valence-electron chi connectivity index (χ0n) is 18.3. The van der Waals surface area contributed by atoms with Crippen LogP contribution in [0.2, 0.25) is 0 Å². The number of rotatable bonds is 5. The summed E-state index contributed by atoms with van der Waals surface area (Å²) in [6.45, 7) is 5.16. The Balaban J connectivity index is 1.47. The van der Waals surface area contributed by atoms with Gasteiger partial charge in [-0.2, -0.15) is 0 Å². The number of benzene rings is 3. The van der Waals surface area contributed by atoms with E-state index in [9.17, 15) is 8.42 Å². The van der Waals surface area contributed by atoms with Crippen LogP contribution in [-0.2, 0) is 10.0 Å². The van der Waals surface area contributed by atoms with Crippen LogP contribution >= 0.6 is 0 Å². The maximum atomic E-state index is 13.0. The van der Waals surface area contributed by atoms with E-state index < -0.39 is 10.0 Å². The lowest BCUT2D eigenvalue weighted by Crippen LogP contribution is -2.47. The van der Waals surface area contributed by atoms with Crippen LogP contribution in [0, 0.1) is 6.92 Å². The predicted molar refractivity (Wildman–Crippen MR) is 132 cm³/mol. The molecule has 1 aliphatic heterocycles. The van der Waals surface area contributed by atoms with Gasteiger partial charge < -0.3 is 9.80 Å². The van der Waals surface area contributed by atoms with E-state index in [1.54, 1.807) is 30.3 Å². The summed E-state index contributed by atoms with van der Waals surface area (Å²) in [5.74, 6) is 0.805. The maximum Gasteiger partial charge on any atom is 0.263 e. The smallest absolute Gasteiger partial charge is 0.263 e. The highest BCUT2D eigenvalue weighted by molar-refractivity contribution is 7.92. The molecule has 0 atom stereocenters. The van der Waals surface area contributed by atoms with E-state index in [4.69, 9.17) is 4.98 Å². The Labute approximate surface area is 193 Å². The monoisotopic (exact) mass is 459 g/mol. The Morgan fingerprint density at radius 2 is 1.30 bits per heavy atom. The van der Waals surface area contributed by atoms with E-state index in [-0.39, 0.29) is 10.7 Å². The molecular weight excluding hydrogens is 434 g/mol. The third kappa shape index (κ3) is 4.34. The van der Waals surface area contributed by atoms with Crippen LogP contribution in [0.4, 0.5) is 17.3 Å². The normalized spacial score (nSPS) is 14.5. The second kappa shape index (κ2) is 8.71. The second-order valence-corrected chi connectivity index (χ2v) is 9.75. The average Bonchev–Trinajstić information content (AvgIpc) is 2.84. The molecule has 0 spiro atoms. The molecule has 0 bridgehead atoms. The quantitative estimate of drug-likeness (QED) is 0.485. The van der Waals surface area contributed by atoms with Crippen molar-refractivity contribution in [1.29, 1.82) is 0 Å². The fourth-order valence-electron chi connectivity index (χ4n) is 4.14. The van der Waals surface area contributed by atoms with Crippen LogP contribution in [0.25, 0.3) is 11.0 Å². The van der Waals surface area contributed by atoms with Gasteiger partial charge in [0.15, 0.2) is 11.6 Å². The molecule has 1 aromatic heterocycles. The predicted octanol–water partition coefficient (Wildman–Crippen LogP) is 4.07. The molecule has 0 saturated carbocycles. The molecule has 1 aliphatic rings. The lowest BCUT2D eigenvalue weighted by atomic mass is 10.1. The van der Waals surface area contributed by atoms with E-state index in [1.807, 2.05) is 30.3 Å². The Kier molecular flexibility index (Phi) is 5.60. The van der Waals surface area contributed by atoms with E-state index in [1.165, 1.54) is 11.3 Å². The summed E-state index contributed by atoms with van der Waals surface area (Å²) < 4.78 is 28.8. The van der Waals surface area contributed by atoms with Crippen molar-refractivity contribution in [2.24, 2.45) is 0 Å². The van der Waals surface area contributed by atoms with Crippen molar-refractivity contribution in [1.82, 2.24) is 9.97 Å². The molecule has 0 radical (unpaired) electrons. The van der Waals surface area contributed by atoms with Gasteiger partial charge >= 0.3 is 0 Å². The van der Waals surface area contributed by atoms with Crippen LogP contribution < -0.4 is 14.5 Å². The van der Waals surface area contributed by atoms with E-state index >= 15 is 0 Å². The van der Waals surface area contributed by atoms with Gasteiger partial charge in [0.2, 0.25) is 0 Å². The second-order valence-electron chi connectivity index (χ2n) is 8.06. The van der Waals surface area contributed by atoms with Crippen molar-refractivity contribution in [3.05, 3.63) is 84.4 Å². The maximum absolute atomic E-state index is 13.0. The Bertz CT molecular complexity index is 1380. The van der Waals surface area contributed by atoms with Gasteiger partial charge in [0.25, 0.3) is 10.0 Å². The number of hydrogen-bond donors (Lipinski definition) is 1. The van der Waals surface area contributed by atoms with Gasteiger partial charge in [-0.1, -0.05) is 48.5 Å². The first-order valence-electron chi connectivity index (χ1n) is 10.9. The fraction of sp³-hybridized carbons (Fsp3) is 0.200. The van der Waals surface area contributed by atoms with Crippen molar-refractivity contribution < 1.29 is 8.42 Å². The highest BCUT2D eigenvalue weighted by atomic mass is 32.2. The minimum Gasteiger partial charge on any atom is -0.368 e. The first-order chi connectivity index (χ1) is 16.0. The minimum absolute atomic E-state index is 0.190. The summed E-state index contributed by atoms with van der Waals surface area (Å²) in [6, 6.07) is 24.2. The van der Waals surface area contributed by atoms with Crippen LogP contribution in [0.15, 0.2) is 83.8 Å². The lowest BCUT2D eigenvalue weighted by Gasteiger charge is -2.37. The number of aryl methyl sites for hydroxylation is 1. The molecule has 1 saturated heterocycles. The van der Waals surface area contributed by atoms with E-state index in [0.29, 0.717) is 24.4 Å². The molecule has 0 aliphatic carbocycles. The molecule has 1 fully saturated rings. The van der Waals surface area contributed by atoms with Crippen molar-refractivity contribution in [3.63, 3.8) is 0 Å². The molecule has 3 aromatic carbocycles. The highest BCUT2D eigenvalue weighted by Crippen LogP contribution is 2.29. The number of piperazine rings is 1. The number of fused-ring (bicyclic) bond motifs is 1. The van der Waals surface area contributed by atoms with Crippen molar-refractivity contribution in [3.8, 4) is 0 Å². The van der Waals surface area contributed by atoms with Crippen LogP contribution in [0.5, 0.6) is 0 Å². The highest BCUT2D eigenvalue weighted by Gasteiger charge is 2.25. The van der Waals surface area contributed by atoms with Crippen molar-refractivity contribution >= 4 is 38.4 Å².